The summed E-state index contributed by atoms with van der Waals surface area (Å²) >= 11 is 0. The standard InChI is InChI=1S/C25H36FNO3/c1-24(2,3)18-25(4,5)19-10-12-21(13-11-19)30-17-20(28)16-27-14-15-29-23-9-7-6-8-22(23)26/h6-13,20,27-28H,14-18H2,1-5H3/p+1/t20-/m1/s1. The second-order valence-corrected chi connectivity index (χ2v) is 9.70. The van der Waals surface area contributed by atoms with Gasteiger partial charge in [-0.05, 0) is 47.1 Å². The van der Waals surface area contributed by atoms with Crippen LogP contribution in [0.5, 0.6) is 11.5 Å². The van der Waals surface area contributed by atoms with E-state index in [0.29, 0.717) is 19.7 Å². The van der Waals surface area contributed by atoms with Gasteiger partial charge in [0.05, 0.1) is 0 Å². The van der Waals surface area contributed by atoms with Crippen molar-refractivity contribution in [2.75, 3.05) is 26.3 Å². The summed E-state index contributed by atoms with van der Waals surface area (Å²) in [4.78, 5) is 0. The number of rotatable bonds is 11. The molecule has 0 aliphatic rings. The summed E-state index contributed by atoms with van der Waals surface area (Å²) in [5, 5.41) is 12.1. The van der Waals surface area contributed by atoms with E-state index in [-0.39, 0.29) is 29.0 Å². The quantitative estimate of drug-likeness (QED) is 0.544. The summed E-state index contributed by atoms with van der Waals surface area (Å²) in [5.74, 6) is 0.648. The fraction of sp³-hybridized carbons (Fsp3) is 0.520. The average Bonchev–Trinajstić information content (AvgIpc) is 2.66. The Morgan fingerprint density at radius 1 is 0.967 bits per heavy atom. The van der Waals surface area contributed by atoms with E-state index < -0.39 is 6.10 Å². The third-order valence-corrected chi connectivity index (χ3v) is 4.91. The van der Waals surface area contributed by atoms with E-state index in [0.717, 1.165) is 12.2 Å². The van der Waals surface area contributed by atoms with E-state index >= 15 is 0 Å². The van der Waals surface area contributed by atoms with Crippen molar-refractivity contribution in [1.29, 1.82) is 0 Å². The molecule has 0 fully saturated rings. The van der Waals surface area contributed by atoms with Gasteiger partial charge in [-0.1, -0.05) is 58.9 Å². The number of halogens is 1. The first-order valence-corrected chi connectivity index (χ1v) is 10.7. The topological polar surface area (TPSA) is 55.3 Å². The molecule has 3 N–H and O–H groups in total. The third kappa shape index (κ3) is 8.33. The van der Waals surface area contributed by atoms with Gasteiger partial charge in [0, 0.05) is 0 Å². The molecule has 2 aromatic rings. The normalized spacial score (nSPS) is 13.2. The van der Waals surface area contributed by atoms with Crippen LogP contribution < -0.4 is 14.8 Å². The monoisotopic (exact) mass is 418 g/mol. The van der Waals surface area contributed by atoms with Crippen molar-refractivity contribution in [3.8, 4) is 11.5 Å². The molecule has 1 atom stereocenters. The Morgan fingerprint density at radius 2 is 1.63 bits per heavy atom. The largest absolute Gasteiger partial charge is 0.491 e. The SMILES string of the molecule is CC(C)(C)CC(C)(C)c1ccc(OC[C@H](O)C[NH2+]CCOc2ccccc2F)cc1. The fourth-order valence-electron chi connectivity index (χ4n) is 3.81. The van der Waals surface area contributed by atoms with E-state index in [1.54, 1.807) is 18.2 Å². The molecule has 2 aromatic carbocycles. The van der Waals surface area contributed by atoms with Crippen LogP contribution in [0.15, 0.2) is 48.5 Å². The molecule has 0 unspecified atom stereocenters. The van der Waals surface area contributed by atoms with E-state index in [1.807, 2.05) is 17.4 Å². The van der Waals surface area contributed by atoms with E-state index in [4.69, 9.17) is 9.47 Å². The number of nitrogens with two attached hydrogens (primary N) is 1. The molecule has 0 aliphatic heterocycles. The van der Waals surface area contributed by atoms with Gasteiger partial charge in [-0.2, -0.15) is 0 Å². The van der Waals surface area contributed by atoms with Crippen LogP contribution in [-0.2, 0) is 5.41 Å². The third-order valence-electron chi connectivity index (χ3n) is 4.91. The second-order valence-electron chi connectivity index (χ2n) is 9.70. The number of aliphatic hydroxyl groups is 1. The van der Waals surface area contributed by atoms with Crippen LogP contribution in [-0.4, -0.2) is 37.5 Å². The summed E-state index contributed by atoms with van der Waals surface area (Å²) in [6, 6.07) is 14.5. The molecular weight excluding hydrogens is 381 g/mol. The number of benzene rings is 2. The summed E-state index contributed by atoms with van der Waals surface area (Å²) in [6.07, 6.45) is 0.505. The van der Waals surface area contributed by atoms with Crippen molar-refractivity contribution >= 4 is 0 Å². The Bertz CT molecular complexity index is 769. The highest BCUT2D eigenvalue weighted by atomic mass is 19.1. The molecule has 2 rings (SSSR count). The van der Waals surface area contributed by atoms with Crippen molar-refractivity contribution in [2.24, 2.45) is 5.41 Å². The molecule has 0 saturated heterocycles. The maximum Gasteiger partial charge on any atom is 0.165 e. The van der Waals surface area contributed by atoms with Crippen molar-refractivity contribution in [3.05, 3.63) is 59.9 Å². The van der Waals surface area contributed by atoms with Crippen molar-refractivity contribution < 1.29 is 24.3 Å². The van der Waals surface area contributed by atoms with E-state index in [9.17, 15) is 9.50 Å². The Kier molecular flexibility index (Phi) is 8.68. The first kappa shape index (κ1) is 24.2. The molecule has 0 saturated carbocycles. The molecule has 0 spiro atoms. The number of hydrogen-bond acceptors (Lipinski definition) is 3. The lowest BCUT2D eigenvalue weighted by Gasteiger charge is -2.33. The van der Waals surface area contributed by atoms with Crippen LogP contribution in [0.4, 0.5) is 4.39 Å². The molecule has 30 heavy (non-hydrogen) atoms. The molecule has 0 heterocycles. The Hall–Kier alpha value is -2.11. The fourth-order valence-corrected chi connectivity index (χ4v) is 3.81. The minimum absolute atomic E-state index is 0.0932. The lowest BCUT2D eigenvalue weighted by molar-refractivity contribution is -0.661. The zero-order chi connectivity index (χ0) is 22.2. The van der Waals surface area contributed by atoms with Gasteiger partial charge in [-0.25, -0.2) is 4.39 Å². The van der Waals surface area contributed by atoms with Gasteiger partial charge < -0.3 is 19.9 Å². The van der Waals surface area contributed by atoms with Crippen LogP contribution in [0.2, 0.25) is 0 Å². The van der Waals surface area contributed by atoms with E-state index in [1.165, 1.54) is 11.6 Å². The molecule has 166 valence electrons. The highest BCUT2D eigenvalue weighted by Crippen LogP contribution is 2.36. The zero-order valence-electron chi connectivity index (χ0n) is 19.0. The maximum absolute atomic E-state index is 13.5. The molecule has 0 amide bonds. The Morgan fingerprint density at radius 3 is 2.27 bits per heavy atom. The number of ether oxygens (including phenoxy) is 2. The van der Waals surface area contributed by atoms with Gasteiger partial charge >= 0.3 is 0 Å². The minimum Gasteiger partial charge on any atom is -0.491 e. The summed E-state index contributed by atoms with van der Waals surface area (Å²) in [6.45, 7) is 13.0. The lowest BCUT2D eigenvalue weighted by Crippen LogP contribution is -2.87. The molecule has 0 aromatic heterocycles. The maximum atomic E-state index is 13.5. The average molecular weight is 419 g/mol. The van der Waals surface area contributed by atoms with Crippen molar-refractivity contribution in [1.82, 2.24) is 0 Å². The highest BCUT2D eigenvalue weighted by molar-refractivity contribution is 5.31. The number of quaternary nitrogens is 1. The molecule has 4 nitrogen and oxygen atoms in total. The number of hydrogen-bond donors (Lipinski definition) is 2. The summed E-state index contributed by atoms with van der Waals surface area (Å²) in [5.41, 5.74) is 1.64. The minimum atomic E-state index is -0.588. The zero-order valence-corrected chi connectivity index (χ0v) is 19.0. The summed E-state index contributed by atoms with van der Waals surface area (Å²) < 4.78 is 24.6. The second kappa shape index (κ2) is 10.8. The molecule has 0 bridgehead atoms. The number of aliphatic hydroxyl groups excluding tert-OH is 1. The predicted octanol–water partition coefficient (Wildman–Crippen LogP) is 3.92. The smallest absolute Gasteiger partial charge is 0.165 e. The molecular formula is C25H37FNO3+. The van der Waals surface area contributed by atoms with Gasteiger partial charge in [-0.3, -0.25) is 0 Å². The molecule has 0 aliphatic carbocycles. The molecule has 0 radical (unpaired) electrons. The van der Waals surface area contributed by atoms with Crippen LogP contribution in [0.3, 0.4) is 0 Å². The Labute approximate surface area is 180 Å². The first-order chi connectivity index (χ1) is 14.1. The van der Waals surface area contributed by atoms with Gasteiger partial charge in [0.2, 0.25) is 0 Å². The highest BCUT2D eigenvalue weighted by Gasteiger charge is 2.27. The van der Waals surface area contributed by atoms with Gasteiger partial charge in [-0.15, -0.1) is 0 Å². The van der Waals surface area contributed by atoms with E-state index in [2.05, 4.69) is 46.8 Å². The van der Waals surface area contributed by atoms with Crippen LogP contribution >= 0.6 is 0 Å². The van der Waals surface area contributed by atoms with Gasteiger partial charge in [0.1, 0.15) is 38.2 Å². The van der Waals surface area contributed by atoms with Gasteiger partial charge in [0.25, 0.3) is 0 Å². The van der Waals surface area contributed by atoms with Crippen LogP contribution in [0.1, 0.15) is 46.6 Å². The predicted molar refractivity (Wildman–Crippen MR) is 119 cm³/mol. The van der Waals surface area contributed by atoms with Crippen LogP contribution in [0.25, 0.3) is 0 Å². The van der Waals surface area contributed by atoms with Crippen molar-refractivity contribution in [2.45, 2.75) is 52.6 Å². The lowest BCUT2D eigenvalue weighted by atomic mass is 9.72. The van der Waals surface area contributed by atoms with Crippen molar-refractivity contribution in [3.63, 3.8) is 0 Å². The van der Waals surface area contributed by atoms with Gasteiger partial charge in [0.15, 0.2) is 11.6 Å². The Balaban J connectivity index is 1.68. The number of para-hydroxylation sites is 1. The first-order valence-electron chi connectivity index (χ1n) is 10.7. The molecule has 5 heteroatoms. The van der Waals surface area contributed by atoms with Crippen LogP contribution in [0, 0.1) is 11.2 Å². The summed E-state index contributed by atoms with van der Waals surface area (Å²) in [7, 11) is 0.